The van der Waals surface area contributed by atoms with Crippen LogP contribution in [-0.2, 0) is 10.0 Å². The Kier molecular flexibility index (Phi) is 6.03. The van der Waals surface area contributed by atoms with E-state index in [0.717, 1.165) is 24.4 Å². The predicted molar refractivity (Wildman–Crippen MR) is 116 cm³/mol. The minimum Gasteiger partial charge on any atom is -0.339 e. The van der Waals surface area contributed by atoms with E-state index in [2.05, 4.69) is 26.4 Å². The van der Waals surface area contributed by atoms with Crippen LogP contribution in [0.25, 0.3) is 0 Å². The molecular weight excluding hydrogens is 444 g/mol. The van der Waals surface area contributed by atoms with Crippen LogP contribution in [0.2, 0.25) is 5.02 Å². The van der Waals surface area contributed by atoms with Gasteiger partial charge in [-0.25, -0.2) is 8.42 Å². The SMILES string of the molecule is O=C(c1ccc(Cl)cc1S(=O)(=O)Nc1csnn1)N1CCC(c2ccccc2)CC1. The number of sulfonamides is 1. The van der Waals surface area contributed by atoms with E-state index in [1.165, 1.54) is 29.1 Å². The van der Waals surface area contributed by atoms with Crippen molar-refractivity contribution in [3.63, 3.8) is 0 Å². The number of carbonyl (C=O) groups is 1. The Morgan fingerprint density at radius 1 is 1.13 bits per heavy atom. The van der Waals surface area contributed by atoms with Crippen molar-refractivity contribution >= 4 is 44.9 Å². The molecule has 1 aliphatic heterocycles. The van der Waals surface area contributed by atoms with E-state index in [4.69, 9.17) is 11.6 Å². The quantitative estimate of drug-likeness (QED) is 0.618. The van der Waals surface area contributed by atoms with Crippen LogP contribution in [-0.4, -0.2) is 41.9 Å². The van der Waals surface area contributed by atoms with Gasteiger partial charge in [-0.1, -0.05) is 46.4 Å². The number of likely N-dealkylation sites (tertiary alicyclic amines) is 1. The standard InChI is InChI=1S/C20H19ClN4O3S2/c21-16-6-7-17(18(12-16)30(27,28)23-19-13-29-24-22-19)20(26)25-10-8-15(9-11-25)14-4-2-1-3-5-14/h1-7,12-13,15,23H,8-11H2. The van der Waals surface area contributed by atoms with Crippen molar-refractivity contribution in [1.82, 2.24) is 14.5 Å². The lowest BCUT2D eigenvalue weighted by atomic mass is 9.89. The first-order valence-corrected chi connectivity index (χ1v) is 12.1. The predicted octanol–water partition coefficient (Wildman–Crippen LogP) is 4.01. The van der Waals surface area contributed by atoms with Gasteiger partial charge in [-0.15, -0.1) is 5.10 Å². The van der Waals surface area contributed by atoms with Gasteiger partial charge in [-0.05, 0) is 54.1 Å². The summed E-state index contributed by atoms with van der Waals surface area (Å²) in [7, 11) is -4.05. The lowest BCUT2D eigenvalue weighted by molar-refractivity contribution is 0.0709. The minimum atomic E-state index is -4.05. The van der Waals surface area contributed by atoms with Crippen LogP contribution in [0, 0.1) is 0 Å². The molecule has 0 bridgehead atoms. The highest BCUT2D eigenvalue weighted by Crippen LogP contribution is 2.30. The zero-order valence-corrected chi connectivity index (χ0v) is 18.3. The molecule has 0 radical (unpaired) electrons. The molecule has 4 rings (SSSR count). The summed E-state index contributed by atoms with van der Waals surface area (Å²) < 4.78 is 31.8. The molecule has 1 N–H and O–H groups in total. The third-order valence-electron chi connectivity index (χ3n) is 5.12. The van der Waals surface area contributed by atoms with Gasteiger partial charge in [0.25, 0.3) is 15.9 Å². The van der Waals surface area contributed by atoms with E-state index in [-0.39, 0.29) is 27.2 Å². The zero-order valence-electron chi connectivity index (χ0n) is 15.9. The number of hydrogen-bond acceptors (Lipinski definition) is 6. The number of aromatic nitrogens is 2. The fraction of sp³-hybridized carbons (Fsp3) is 0.250. The topological polar surface area (TPSA) is 92.3 Å². The van der Waals surface area contributed by atoms with Gasteiger partial charge in [-0.2, -0.15) is 0 Å². The van der Waals surface area contributed by atoms with Crippen molar-refractivity contribution in [1.29, 1.82) is 0 Å². The van der Waals surface area contributed by atoms with Gasteiger partial charge in [0, 0.05) is 18.1 Å². The normalized spacial score (nSPS) is 15.2. The molecule has 156 valence electrons. The van der Waals surface area contributed by atoms with Crippen molar-refractivity contribution in [3.05, 3.63) is 70.1 Å². The summed E-state index contributed by atoms with van der Waals surface area (Å²) in [4.78, 5) is 14.7. The first-order chi connectivity index (χ1) is 14.4. The van der Waals surface area contributed by atoms with Gasteiger partial charge in [0.05, 0.1) is 10.9 Å². The largest absolute Gasteiger partial charge is 0.339 e. The Balaban J connectivity index is 1.55. The molecule has 2 aromatic carbocycles. The monoisotopic (exact) mass is 462 g/mol. The van der Waals surface area contributed by atoms with Gasteiger partial charge in [0.1, 0.15) is 4.90 Å². The summed E-state index contributed by atoms with van der Waals surface area (Å²) >= 11 is 7.06. The van der Waals surface area contributed by atoms with Gasteiger partial charge in [0.2, 0.25) is 0 Å². The van der Waals surface area contributed by atoms with Crippen molar-refractivity contribution in [3.8, 4) is 0 Å². The van der Waals surface area contributed by atoms with Crippen LogP contribution in [0.4, 0.5) is 5.82 Å². The molecule has 0 aliphatic carbocycles. The molecule has 1 amide bonds. The van der Waals surface area contributed by atoms with Crippen LogP contribution in [0.1, 0.15) is 34.7 Å². The molecule has 1 fully saturated rings. The summed E-state index contributed by atoms with van der Waals surface area (Å²) in [6.07, 6.45) is 1.66. The van der Waals surface area contributed by atoms with Crippen LogP contribution < -0.4 is 4.72 Å². The molecule has 0 saturated carbocycles. The highest BCUT2D eigenvalue weighted by Gasteiger charge is 2.29. The van der Waals surface area contributed by atoms with Crippen molar-refractivity contribution in [2.24, 2.45) is 0 Å². The number of amides is 1. The number of rotatable bonds is 5. The average molecular weight is 463 g/mol. The third-order valence-corrected chi connectivity index (χ3v) is 7.25. The fourth-order valence-electron chi connectivity index (χ4n) is 3.61. The number of piperidine rings is 1. The van der Waals surface area contributed by atoms with E-state index >= 15 is 0 Å². The average Bonchev–Trinajstić information content (AvgIpc) is 3.26. The second-order valence-electron chi connectivity index (χ2n) is 7.01. The van der Waals surface area contributed by atoms with Crippen LogP contribution in [0.5, 0.6) is 0 Å². The maximum Gasteiger partial charge on any atom is 0.263 e. The molecule has 1 aromatic heterocycles. The second-order valence-corrected chi connectivity index (χ2v) is 9.71. The molecular formula is C20H19ClN4O3S2. The molecule has 3 aromatic rings. The number of hydrogen-bond donors (Lipinski definition) is 1. The molecule has 2 heterocycles. The van der Waals surface area contributed by atoms with Crippen LogP contribution in [0.15, 0.2) is 58.8 Å². The molecule has 0 unspecified atom stereocenters. The Bertz CT molecular complexity index is 1130. The fourth-order valence-corrected chi connectivity index (χ4v) is 5.52. The summed E-state index contributed by atoms with van der Waals surface area (Å²) in [5, 5.41) is 5.40. The number of nitrogens with one attached hydrogen (secondary N) is 1. The summed E-state index contributed by atoms with van der Waals surface area (Å²) in [6.45, 7) is 1.12. The Labute approximate surface area is 183 Å². The van der Waals surface area contributed by atoms with Crippen molar-refractivity contribution in [2.45, 2.75) is 23.7 Å². The molecule has 30 heavy (non-hydrogen) atoms. The summed E-state index contributed by atoms with van der Waals surface area (Å²) in [6, 6.07) is 14.5. The molecule has 1 aliphatic rings. The van der Waals surface area contributed by atoms with E-state index in [0.29, 0.717) is 19.0 Å². The number of nitrogens with zero attached hydrogens (tertiary/aromatic N) is 3. The lowest BCUT2D eigenvalue weighted by Crippen LogP contribution is -2.38. The van der Waals surface area contributed by atoms with E-state index in [1.807, 2.05) is 18.2 Å². The molecule has 1 saturated heterocycles. The van der Waals surface area contributed by atoms with Crippen molar-refractivity contribution < 1.29 is 13.2 Å². The van der Waals surface area contributed by atoms with Gasteiger partial charge < -0.3 is 4.90 Å². The maximum absolute atomic E-state index is 13.2. The van der Waals surface area contributed by atoms with Crippen molar-refractivity contribution in [2.75, 3.05) is 17.8 Å². The smallest absolute Gasteiger partial charge is 0.263 e. The van der Waals surface area contributed by atoms with Gasteiger partial charge in [0.15, 0.2) is 5.82 Å². The van der Waals surface area contributed by atoms with Gasteiger partial charge >= 0.3 is 0 Å². The highest BCUT2D eigenvalue weighted by molar-refractivity contribution is 7.92. The van der Waals surface area contributed by atoms with Crippen LogP contribution >= 0.6 is 23.1 Å². The van der Waals surface area contributed by atoms with Crippen LogP contribution in [0.3, 0.4) is 0 Å². The number of anilines is 1. The van der Waals surface area contributed by atoms with E-state index in [9.17, 15) is 13.2 Å². The summed E-state index contributed by atoms with van der Waals surface area (Å²) in [5.74, 6) is 0.166. The number of benzene rings is 2. The Morgan fingerprint density at radius 3 is 2.53 bits per heavy atom. The molecule has 0 spiro atoms. The lowest BCUT2D eigenvalue weighted by Gasteiger charge is -2.32. The summed E-state index contributed by atoms with van der Waals surface area (Å²) in [5.41, 5.74) is 1.36. The van der Waals surface area contributed by atoms with E-state index < -0.39 is 10.0 Å². The zero-order chi connectivity index (χ0) is 21.1. The first-order valence-electron chi connectivity index (χ1n) is 9.38. The van der Waals surface area contributed by atoms with Gasteiger partial charge in [-0.3, -0.25) is 9.52 Å². The third kappa shape index (κ3) is 4.48. The number of halogens is 1. The first kappa shape index (κ1) is 20.8. The Morgan fingerprint density at radius 2 is 1.87 bits per heavy atom. The highest BCUT2D eigenvalue weighted by atomic mass is 35.5. The maximum atomic E-state index is 13.2. The Hall–Kier alpha value is -2.49. The minimum absolute atomic E-state index is 0.0910. The molecule has 10 heteroatoms. The molecule has 0 atom stereocenters. The van der Waals surface area contributed by atoms with E-state index in [1.54, 1.807) is 4.90 Å². The molecule has 7 nitrogen and oxygen atoms in total. The second kappa shape index (κ2) is 8.71. The number of carbonyl (C=O) groups excluding carboxylic acids is 1.